The summed E-state index contributed by atoms with van der Waals surface area (Å²) >= 11 is 0. The molecule has 0 fully saturated rings. The van der Waals surface area contributed by atoms with Crippen molar-refractivity contribution in [1.82, 2.24) is 14.5 Å². The zero-order chi connectivity index (χ0) is 17.9. The largest absolute Gasteiger partial charge is 0.491 e. The molecule has 0 saturated heterocycles. The van der Waals surface area contributed by atoms with E-state index in [1.54, 1.807) is 6.92 Å². The molecule has 0 saturated carbocycles. The van der Waals surface area contributed by atoms with Gasteiger partial charge in [-0.1, -0.05) is 0 Å². The standard InChI is InChI=1S/C15H15F4N3O2/c1-3-24-10-5-4-9(16)12(13(10)17)14(23)21(2)8-11-20-6-7-22(11)15(18)19/h4-7,15H,3,8H2,1-2H3. The van der Waals surface area contributed by atoms with Gasteiger partial charge in [-0.25, -0.2) is 13.8 Å². The molecule has 0 aliphatic carbocycles. The summed E-state index contributed by atoms with van der Waals surface area (Å²) in [6, 6.07) is 1.99. The van der Waals surface area contributed by atoms with Gasteiger partial charge in [-0.2, -0.15) is 8.78 Å². The zero-order valence-electron chi connectivity index (χ0n) is 13.0. The predicted molar refractivity (Wildman–Crippen MR) is 76.8 cm³/mol. The van der Waals surface area contributed by atoms with Crippen LogP contribution in [-0.2, 0) is 6.54 Å². The van der Waals surface area contributed by atoms with E-state index in [9.17, 15) is 22.4 Å². The quantitative estimate of drug-likeness (QED) is 0.755. The third-order valence-electron chi connectivity index (χ3n) is 3.25. The highest BCUT2D eigenvalue weighted by Gasteiger charge is 2.25. The fourth-order valence-electron chi connectivity index (χ4n) is 2.12. The van der Waals surface area contributed by atoms with Gasteiger partial charge in [0.15, 0.2) is 11.6 Å². The molecule has 0 aliphatic rings. The lowest BCUT2D eigenvalue weighted by Crippen LogP contribution is -2.29. The highest BCUT2D eigenvalue weighted by atomic mass is 19.3. The van der Waals surface area contributed by atoms with Crippen LogP contribution in [-0.4, -0.2) is 34.0 Å². The van der Waals surface area contributed by atoms with Crippen LogP contribution in [0.4, 0.5) is 17.6 Å². The first-order valence-corrected chi connectivity index (χ1v) is 7.02. The fraction of sp³-hybridized carbons (Fsp3) is 0.333. The number of carbonyl (C=O) groups excluding carboxylic acids is 1. The van der Waals surface area contributed by atoms with Crippen molar-refractivity contribution in [3.63, 3.8) is 0 Å². The number of aromatic nitrogens is 2. The minimum atomic E-state index is -2.83. The summed E-state index contributed by atoms with van der Waals surface area (Å²) in [6.07, 6.45) is 2.20. The van der Waals surface area contributed by atoms with Gasteiger partial charge in [-0.3, -0.25) is 9.36 Å². The first kappa shape index (κ1) is 17.8. The lowest BCUT2D eigenvalue weighted by atomic mass is 10.1. The molecule has 2 rings (SSSR count). The molecule has 9 heteroatoms. The highest BCUT2D eigenvalue weighted by molar-refractivity contribution is 5.95. The minimum absolute atomic E-state index is 0.109. The molecule has 2 aromatic rings. The van der Waals surface area contributed by atoms with Gasteiger partial charge in [-0.05, 0) is 19.1 Å². The van der Waals surface area contributed by atoms with Gasteiger partial charge in [-0.15, -0.1) is 0 Å². The summed E-state index contributed by atoms with van der Waals surface area (Å²) in [4.78, 5) is 16.9. The van der Waals surface area contributed by atoms with Crippen LogP contribution >= 0.6 is 0 Å². The summed E-state index contributed by atoms with van der Waals surface area (Å²) in [6.45, 7) is -1.42. The number of imidazole rings is 1. The second-order valence-electron chi connectivity index (χ2n) is 4.86. The number of alkyl halides is 2. The van der Waals surface area contributed by atoms with Crippen molar-refractivity contribution < 1.29 is 27.1 Å². The number of rotatable bonds is 6. The van der Waals surface area contributed by atoms with Gasteiger partial charge in [0, 0.05) is 19.4 Å². The number of hydrogen-bond acceptors (Lipinski definition) is 3. The van der Waals surface area contributed by atoms with Crippen LogP contribution < -0.4 is 4.74 Å². The summed E-state index contributed by atoms with van der Waals surface area (Å²) in [5, 5.41) is 0. The van der Waals surface area contributed by atoms with Crippen molar-refractivity contribution in [3.05, 3.63) is 47.5 Å². The van der Waals surface area contributed by atoms with Gasteiger partial charge in [0.05, 0.1) is 13.2 Å². The molecule has 5 nitrogen and oxygen atoms in total. The fourth-order valence-corrected chi connectivity index (χ4v) is 2.12. The number of ether oxygens (including phenoxy) is 1. The molecule has 0 radical (unpaired) electrons. The number of carbonyl (C=O) groups is 1. The summed E-state index contributed by atoms with van der Waals surface area (Å²) in [5.74, 6) is -3.57. The molecule has 1 aromatic heterocycles. The number of hydrogen-bond donors (Lipinski definition) is 0. The van der Waals surface area contributed by atoms with Crippen molar-refractivity contribution in [3.8, 4) is 5.75 Å². The Labute approximate surface area is 135 Å². The smallest absolute Gasteiger partial charge is 0.319 e. The number of halogens is 4. The Hall–Kier alpha value is -2.58. The molecule has 0 aliphatic heterocycles. The van der Waals surface area contributed by atoms with Crippen molar-refractivity contribution in [2.45, 2.75) is 20.0 Å². The first-order chi connectivity index (χ1) is 11.4. The third-order valence-corrected chi connectivity index (χ3v) is 3.25. The van der Waals surface area contributed by atoms with E-state index in [4.69, 9.17) is 4.74 Å². The molecule has 0 atom stereocenters. The predicted octanol–water partition coefficient (Wildman–Crippen LogP) is 3.23. The molecule has 24 heavy (non-hydrogen) atoms. The van der Waals surface area contributed by atoms with E-state index in [-0.39, 0.29) is 24.7 Å². The maximum atomic E-state index is 14.3. The Balaban J connectivity index is 2.28. The Morgan fingerprint density at radius 3 is 2.71 bits per heavy atom. The van der Waals surface area contributed by atoms with Gasteiger partial charge < -0.3 is 9.64 Å². The van der Waals surface area contributed by atoms with E-state index in [0.717, 1.165) is 29.4 Å². The van der Waals surface area contributed by atoms with Crippen LogP contribution in [0.15, 0.2) is 24.5 Å². The Bertz CT molecular complexity index is 734. The van der Waals surface area contributed by atoms with Gasteiger partial charge in [0.2, 0.25) is 0 Å². The topological polar surface area (TPSA) is 47.4 Å². The van der Waals surface area contributed by atoms with Crippen LogP contribution in [0.3, 0.4) is 0 Å². The average molecular weight is 345 g/mol. The summed E-state index contributed by atoms with van der Waals surface area (Å²) < 4.78 is 59.3. The van der Waals surface area contributed by atoms with Crippen molar-refractivity contribution in [2.24, 2.45) is 0 Å². The van der Waals surface area contributed by atoms with Gasteiger partial charge in [0.25, 0.3) is 5.91 Å². The normalized spacial score (nSPS) is 11.0. The Morgan fingerprint density at radius 2 is 2.08 bits per heavy atom. The molecule has 0 unspecified atom stereocenters. The average Bonchev–Trinajstić information content (AvgIpc) is 2.98. The second kappa shape index (κ2) is 7.33. The number of benzene rings is 1. The van der Waals surface area contributed by atoms with E-state index in [1.165, 1.54) is 7.05 Å². The number of amides is 1. The van der Waals surface area contributed by atoms with Crippen LogP contribution in [0.1, 0.15) is 29.7 Å². The molecule has 0 bridgehead atoms. The molecule has 1 heterocycles. The van der Waals surface area contributed by atoms with E-state index in [2.05, 4.69) is 4.98 Å². The molecule has 130 valence electrons. The van der Waals surface area contributed by atoms with Crippen LogP contribution in [0.5, 0.6) is 5.75 Å². The zero-order valence-corrected chi connectivity index (χ0v) is 13.0. The maximum Gasteiger partial charge on any atom is 0.319 e. The lowest BCUT2D eigenvalue weighted by molar-refractivity contribution is 0.0609. The Morgan fingerprint density at radius 1 is 1.38 bits per heavy atom. The summed E-state index contributed by atoms with van der Waals surface area (Å²) in [5.41, 5.74) is -0.807. The highest BCUT2D eigenvalue weighted by Crippen LogP contribution is 2.25. The first-order valence-electron chi connectivity index (χ1n) is 7.02. The minimum Gasteiger partial charge on any atom is -0.491 e. The monoisotopic (exact) mass is 345 g/mol. The third kappa shape index (κ3) is 3.50. The van der Waals surface area contributed by atoms with E-state index < -0.39 is 29.7 Å². The van der Waals surface area contributed by atoms with Crippen LogP contribution in [0.25, 0.3) is 0 Å². The molecule has 0 spiro atoms. The SMILES string of the molecule is CCOc1ccc(F)c(C(=O)N(C)Cc2nccn2C(F)F)c1F. The van der Waals surface area contributed by atoms with Gasteiger partial charge in [0.1, 0.15) is 17.2 Å². The van der Waals surface area contributed by atoms with Crippen LogP contribution in [0, 0.1) is 11.6 Å². The van der Waals surface area contributed by atoms with E-state index in [0.29, 0.717) is 4.57 Å². The number of nitrogens with zero attached hydrogens (tertiary/aromatic N) is 3. The van der Waals surface area contributed by atoms with Crippen molar-refractivity contribution in [1.29, 1.82) is 0 Å². The molecular weight excluding hydrogens is 330 g/mol. The van der Waals surface area contributed by atoms with E-state index >= 15 is 0 Å². The molecule has 0 N–H and O–H groups in total. The van der Waals surface area contributed by atoms with Crippen LogP contribution in [0.2, 0.25) is 0 Å². The maximum absolute atomic E-state index is 14.3. The molecule has 1 aromatic carbocycles. The molecular formula is C15H15F4N3O2. The summed E-state index contributed by atoms with van der Waals surface area (Å²) in [7, 11) is 1.24. The van der Waals surface area contributed by atoms with E-state index in [1.807, 2.05) is 0 Å². The van der Waals surface area contributed by atoms with Crippen molar-refractivity contribution in [2.75, 3.05) is 13.7 Å². The van der Waals surface area contributed by atoms with Gasteiger partial charge >= 0.3 is 6.55 Å². The molecule has 1 amide bonds. The lowest BCUT2D eigenvalue weighted by Gasteiger charge is -2.19. The van der Waals surface area contributed by atoms with Crippen molar-refractivity contribution >= 4 is 5.91 Å². The second-order valence-corrected chi connectivity index (χ2v) is 4.86. The Kier molecular flexibility index (Phi) is 5.42.